The molecule has 0 saturated heterocycles. The Morgan fingerprint density at radius 3 is 3.24 bits per heavy atom. The molecule has 2 aliphatic rings. The van der Waals surface area contributed by atoms with Gasteiger partial charge in [0.2, 0.25) is 0 Å². The first-order valence-corrected chi connectivity index (χ1v) is 6.41. The summed E-state index contributed by atoms with van der Waals surface area (Å²) in [6, 6.07) is 0.452. The first-order valence-electron chi connectivity index (χ1n) is 6.41. The third-order valence-corrected chi connectivity index (χ3v) is 3.30. The average molecular weight is 233 g/mol. The van der Waals surface area contributed by atoms with Gasteiger partial charge in [-0.25, -0.2) is 4.98 Å². The molecule has 5 nitrogen and oxygen atoms in total. The van der Waals surface area contributed by atoms with Crippen LogP contribution in [0, 0.1) is 0 Å². The quantitative estimate of drug-likeness (QED) is 0.789. The van der Waals surface area contributed by atoms with Crippen LogP contribution < -0.4 is 10.6 Å². The van der Waals surface area contributed by atoms with Gasteiger partial charge in [0.25, 0.3) is 0 Å². The van der Waals surface area contributed by atoms with Gasteiger partial charge in [-0.15, -0.1) is 0 Å². The van der Waals surface area contributed by atoms with Gasteiger partial charge in [-0.05, 0) is 19.8 Å². The summed E-state index contributed by atoms with van der Waals surface area (Å²) in [5, 5.41) is 6.59. The molecule has 0 fully saturated rings. The molecule has 0 saturated carbocycles. The number of nitrogens with zero attached hydrogens (tertiary/aromatic N) is 3. The van der Waals surface area contributed by atoms with Crippen molar-refractivity contribution in [2.45, 2.75) is 45.3 Å². The fourth-order valence-corrected chi connectivity index (χ4v) is 2.39. The summed E-state index contributed by atoms with van der Waals surface area (Å²) in [5.41, 5.74) is 1.12. The molecular formula is C12H19N5. The van der Waals surface area contributed by atoms with E-state index in [1.165, 1.54) is 18.7 Å². The van der Waals surface area contributed by atoms with Crippen molar-refractivity contribution in [3.8, 4) is 0 Å². The molecule has 0 radical (unpaired) electrons. The van der Waals surface area contributed by atoms with Crippen LogP contribution in [0.1, 0.15) is 31.3 Å². The Labute approximate surface area is 101 Å². The van der Waals surface area contributed by atoms with E-state index in [9.17, 15) is 0 Å². The molecule has 0 bridgehead atoms. The normalized spacial score (nSPS) is 22.9. The van der Waals surface area contributed by atoms with Gasteiger partial charge in [0.1, 0.15) is 5.82 Å². The largest absolute Gasteiger partial charge is 0.352 e. The lowest BCUT2D eigenvalue weighted by Gasteiger charge is -2.11. The third kappa shape index (κ3) is 2.28. The first kappa shape index (κ1) is 10.6. The number of nitrogens with one attached hydrogen (secondary N) is 2. The average Bonchev–Trinajstić information content (AvgIpc) is 2.91. The fourth-order valence-electron chi connectivity index (χ4n) is 2.39. The Morgan fingerprint density at radius 1 is 1.53 bits per heavy atom. The molecule has 0 aromatic carbocycles. The molecule has 1 aromatic rings. The van der Waals surface area contributed by atoms with Crippen LogP contribution in [0.25, 0.3) is 0 Å². The number of rotatable bonds is 2. The maximum atomic E-state index is 4.65. The van der Waals surface area contributed by atoms with E-state index in [1.807, 2.05) is 0 Å². The molecule has 0 spiro atoms. The highest BCUT2D eigenvalue weighted by atomic mass is 15.2. The Morgan fingerprint density at radius 2 is 2.47 bits per heavy atom. The SMILES string of the molecule is CC1CN=C(NCc2cn3c(n2)CCCC3)N1. The van der Waals surface area contributed by atoms with E-state index >= 15 is 0 Å². The zero-order valence-electron chi connectivity index (χ0n) is 10.2. The molecule has 3 heterocycles. The van der Waals surface area contributed by atoms with Crippen molar-refractivity contribution < 1.29 is 0 Å². The highest BCUT2D eigenvalue weighted by Gasteiger charge is 2.14. The smallest absolute Gasteiger partial charge is 0.191 e. The van der Waals surface area contributed by atoms with Crippen molar-refractivity contribution in [3.63, 3.8) is 0 Å². The minimum atomic E-state index is 0.452. The van der Waals surface area contributed by atoms with Gasteiger partial charge in [0, 0.05) is 25.2 Å². The van der Waals surface area contributed by atoms with Crippen LogP contribution in [-0.4, -0.2) is 28.1 Å². The highest BCUT2D eigenvalue weighted by molar-refractivity contribution is 5.81. The van der Waals surface area contributed by atoms with E-state index in [4.69, 9.17) is 0 Å². The molecule has 1 atom stereocenters. The zero-order chi connectivity index (χ0) is 11.7. The van der Waals surface area contributed by atoms with E-state index < -0.39 is 0 Å². The van der Waals surface area contributed by atoms with Gasteiger partial charge in [-0.1, -0.05) is 0 Å². The second-order valence-electron chi connectivity index (χ2n) is 4.89. The molecule has 3 rings (SSSR count). The molecule has 0 aliphatic carbocycles. The third-order valence-electron chi connectivity index (χ3n) is 3.30. The zero-order valence-corrected chi connectivity index (χ0v) is 10.2. The van der Waals surface area contributed by atoms with Crippen molar-refractivity contribution in [2.75, 3.05) is 6.54 Å². The number of aryl methyl sites for hydroxylation is 2. The van der Waals surface area contributed by atoms with E-state index in [2.05, 4.69) is 38.3 Å². The van der Waals surface area contributed by atoms with Crippen LogP contribution in [0.3, 0.4) is 0 Å². The molecule has 17 heavy (non-hydrogen) atoms. The van der Waals surface area contributed by atoms with Crippen molar-refractivity contribution in [2.24, 2.45) is 4.99 Å². The van der Waals surface area contributed by atoms with E-state index in [0.29, 0.717) is 6.04 Å². The fraction of sp³-hybridized carbons (Fsp3) is 0.667. The lowest BCUT2D eigenvalue weighted by Crippen LogP contribution is -2.37. The van der Waals surface area contributed by atoms with Crippen LogP contribution in [0.4, 0.5) is 0 Å². The molecule has 92 valence electrons. The second-order valence-corrected chi connectivity index (χ2v) is 4.89. The van der Waals surface area contributed by atoms with E-state index in [-0.39, 0.29) is 0 Å². The topological polar surface area (TPSA) is 54.2 Å². The summed E-state index contributed by atoms with van der Waals surface area (Å²) >= 11 is 0. The minimum Gasteiger partial charge on any atom is -0.352 e. The van der Waals surface area contributed by atoms with Crippen LogP contribution in [-0.2, 0) is 19.5 Å². The van der Waals surface area contributed by atoms with E-state index in [1.54, 1.807) is 0 Å². The number of fused-ring (bicyclic) bond motifs is 1. The van der Waals surface area contributed by atoms with Crippen LogP contribution in [0.15, 0.2) is 11.2 Å². The second kappa shape index (κ2) is 4.39. The summed E-state index contributed by atoms with van der Waals surface area (Å²) in [6.45, 7) is 4.88. The van der Waals surface area contributed by atoms with E-state index in [0.717, 1.165) is 37.7 Å². The summed E-state index contributed by atoms with van der Waals surface area (Å²) in [7, 11) is 0. The van der Waals surface area contributed by atoms with Crippen LogP contribution >= 0.6 is 0 Å². The number of guanidine groups is 1. The lowest BCUT2D eigenvalue weighted by atomic mass is 10.2. The Hall–Kier alpha value is -1.52. The standard InChI is InChI=1S/C12H19N5/c1-9-6-13-12(15-9)14-7-10-8-17-5-3-2-4-11(17)16-10/h8-9H,2-7H2,1H3,(H2,13,14,15). The summed E-state index contributed by atoms with van der Waals surface area (Å²) in [6.07, 6.45) is 5.84. The van der Waals surface area contributed by atoms with Crippen molar-refractivity contribution in [1.29, 1.82) is 0 Å². The molecule has 0 amide bonds. The van der Waals surface area contributed by atoms with Crippen LogP contribution in [0.2, 0.25) is 0 Å². The molecule has 2 aliphatic heterocycles. The highest BCUT2D eigenvalue weighted by Crippen LogP contribution is 2.14. The number of aliphatic imine (C=N–C) groups is 1. The van der Waals surface area contributed by atoms with Gasteiger partial charge < -0.3 is 15.2 Å². The predicted molar refractivity (Wildman–Crippen MR) is 66.9 cm³/mol. The number of aromatic nitrogens is 2. The molecule has 2 N–H and O–H groups in total. The van der Waals surface area contributed by atoms with Gasteiger partial charge in [-0.3, -0.25) is 4.99 Å². The van der Waals surface area contributed by atoms with Gasteiger partial charge in [-0.2, -0.15) is 0 Å². The van der Waals surface area contributed by atoms with Gasteiger partial charge >= 0.3 is 0 Å². The van der Waals surface area contributed by atoms with Crippen molar-refractivity contribution >= 4 is 5.96 Å². The number of hydrogen-bond donors (Lipinski definition) is 2. The predicted octanol–water partition coefficient (Wildman–Crippen LogP) is 0.657. The van der Waals surface area contributed by atoms with Crippen LogP contribution in [0.5, 0.6) is 0 Å². The maximum absolute atomic E-state index is 4.65. The van der Waals surface area contributed by atoms with Crippen molar-refractivity contribution in [1.82, 2.24) is 20.2 Å². The Kier molecular flexibility index (Phi) is 2.74. The van der Waals surface area contributed by atoms with Crippen molar-refractivity contribution in [3.05, 3.63) is 17.7 Å². The lowest BCUT2D eigenvalue weighted by molar-refractivity contribution is 0.522. The first-order chi connectivity index (χ1) is 8.31. The molecule has 1 unspecified atom stereocenters. The summed E-state index contributed by atoms with van der Waals surface area (Å²) in [5.74, 6) is 2.14. The molecule has 5 heteroatoms. The number of imidazole rings is 1. The Bertz CT molecular complexity index is 411. The Balaban J connectivity index is 1.60. The summed E-state index contributed by atoms with van der Waals surface area (Å²) in [4.78, 5) is 9.02. The minimum absolute atomic E-state index is 0.452. The molecular weight excluding hydrogens is 214 g/mol. The number of hydrogen-bond acceptors (Lipinski definition) is 4. The monoisotopic (exact) mass is 233 g/mol. The summed E-state index contributed by atoms with van der Waals surface area (Å²) < 4.78 is 2.28. The maximum Gasteiger partial charge on any atom is 0.191 e. The molecule has 1 aromatic heterocycles. The van der Waals surface area contributed by atoms with Gasteiger partial charge in [0.05, 0.1) is 18.8 Å². The van der Waals surface area contributed by atoms with Gasteiger partial charge in [0.15, 0.2) is 5.96 Å².